The minimum Gasteiger partial charge on any atom is -0.468 e. The summed E-state index contributed by atoms with van der Waals surface area (Å²) < 4.78 is 22.4. The predicted octanol–water partition coefficient (Wildman–Crippen LogP) is 1.26. The Morgan fingerprint density at radius 3 is 2.75 bits per heavy atom. The zero-order valence-corrected chi connectivity index (χ0v) is 8.68. The Morgan fingerprint density at radius 2 is 2.19 bits per heavy atom. The summed E-state index contributed by atoms with van der Waals surface area (Å²) in [7, 11) is 1.19. The molecule has 0 fully saturated rings. The Bertz CT molecular complexity index is 378. The standard InChI is InChI=1S/C11H11FO4/c1-15-11(14)9(6-16-7-13)8-4-2-3-5-10(8)12/h2-5,7,9H,6H2,1H3. The van der Waals surface area contributed by atoms with Gasteiger partial charge in [-0.3, -0.25) is 9.59 Å². The van der Waals surface area contributed by atoms with Crippen LogP contribution in [0.5, 0.6) is 0 Å². The molecular weight excluding hydrogens is 215 g/mol. The third-order valence-electron chi connectivity index (χ3n) is 2.10. The minimum absolute atomic E-state index is 0.149. The van der Waals surface area contributed by atoms with E-state index in [9.17, 15) is 14.0 Å². The molecule has 86 valence electrons. The molecule has 0 aliphatic heterocycles. The number of carbonyl (C=O) groups is 2. The van der Waals surface area contributed by atoms with E-state index in [4.69, 9.17) is 0 Å². The second-order valence-corrected chi connectivity index (χ2v) is 3.03. The van der Waals surface area contributed by atoms with Crippen molar-refractivity contribution in [2.24, 2.45) is 0 Å². The largest absolute Gasteiger partial charge is 0.468 e. The van der Waals surface area contributed by atoms with Crippen molar-refractivity contribution in [3.63, 3.8) is 0 Å². The summed E-state index contributed by atoms with van der Waals surface area (Å²) in [5.41, 5.74) is 0.149. The molecule has 16 heavy (non-hydrogen) atoms. The Kier molecular flexibility index (Phi) is 4.44. The summed E-state index contributed by atoms with van der Waals surface area (Å²) in [6.45, 7) is -0.0338. The number of methoxy groups -OCH3 is 1. The van der Waals surface area contributed by atoms with Gasteiger partial charge in [-0.2, -0.15) is 0 Å². The number of hydrogen-bond acceptors (Lipinski definition) is 4. The van der Waals surface area contributed by atoms with Crippen LogP contribution in [0.2, 0.25) is 0 Å². The molecule has 1 atom stereocenters. The van der Waals surface area contributed by atoms with E-state index in [-0.39, 0.29) is 18.6 Å². The van der Waals surface area contributed by atoms with E-state index in [1.807, 2.05) is 0 Å². The van der Waals surface area contributed by atoms with Crippen molar-refractivity contribution in [2.75, 3.05) is 13.7 Å². The van der Waals surface area contributed by atoms with Gasteiger partial charge in [-0.05, 0) is 6.07 Å². The zero-order chi connectivity index (χ0) is 12.0. The predicted molar refractivity (Wildman–Crippen MR) is 53.2 cm³/mol. The highest BCUT2D eigenvalue weighted by Crippen LogP contribution is 2.20. The van der Waals surface area contributed by atoms with Gasteiger partial charge >= 0.3 is 5.97 Å². The molecule has 0 aliphatic rings. The average Bonchev–Trinajstić information content (AvgIpc) is 2.31. The van der Waals surface area contributed by atoms with E-state index in [1.54, 1.807) is 6.07 Å². The molecule has 0 bridgehead atoms. The van der Waals surface area contributed by atoms with E-state index in [2.05, 4.69) is 9.47 Å². The quantitative estimate of drug-likeness (QED) is 0.560. The topological polar surface area (TPSA) is 52.6 Å². The van der Waals surface area contributed by atoms with E-state index in [0.29, 0.717) is 0 Å². The molecule has 1 unspecified atom stereocenters. The van der Waals surface area contributed by atoms with Crippen LogP contribution in [0.3, 0.4) is 0 Å². The van der Waals surface area contributed by atoms with Crippen LogP contribution >= 0.6 is 0 Å². The van der Waals surface area contributed by atoms with Crippen LogP contribution in [0.4, 0.5) is 4.39 Å². The Balaban J connectivity index is 2.96. The van der Waals surface area contributed by atoms with Gasteiger partial charge < -0.3 is 9.47 Å². The summed E-state index contributed by atoms with van der Waals surface area (Å²) >= 11 is 0. The van der Waals surface area contributed by atoms with Crippen LogP contribution < -0.4 is 0 Å². The first-order chi connectivity index (χ1) is 7.70. The second-order valence-electron chi connectivity index (χ2n) is 3.03. The minimum atomic E-state index is -0.934. The fourth-order valence-electron chi connectivity index (χ4n) is 1.32. The average molecular weight is 226 g/mol. The van der Waals surface area contributed by atoms with Crippen molar-refractivity contribution in [1.29, 1.82) is 0 Å². The van der Waals surface area contributed by atoms with Crippen LogP contribution in [0, 0.1) is 5.82 Å². The molecule has 0 amide bonds. The molecule has 1 rings (SSSR count). The van der Waals surface area contributed by atoms with E-state index < -0.39 is 17.7 Å². The fraction of sp³-hybridized carbons (Fsp3) is 0.273. The highest BCUT2D eigenvalue weighted by molar-refractivity contribution is 5.78. The Hall–Kier alpha value is -1.91. The number of esters is 1. The fourth-order valence-corrected chi connectivity index (χ4v) is 1.32. The van der Waals surface area contributed by atoms with Gasteiger partial charge in [0.25, 0.3) is 6.47 Å². The summed E-state index contributed by atoms with van der Waals surface area (Å²) in [5, 5.41) is 0. The summed E-state index contributed by atoms with van der Waals surface area (Å²) in [4.78, 5) is 21.5. The lowest BCUT2D eigenvalue weighted by molar-refractivity contribution is -0.145. The highest BCUT2D eigenvalue weighted by atomic mass is 19.1. The van der Waals surface area contributed by atoms with Gasteiger partial charge in [0.15, 0.2) is 0 Å². The van der Waals surface area contributed by atoms with Crippen LogP contribution in [0.15, 0.2) is 24.3 Å². The molecule has 4 nitrogen and oxygen atoms in total. The lowest BCUT2D eigenvalue weighted by atomic mass is 10.00. The lowest BCUT2D eigenvalue weighted by Gasteiger charge is -2.14. The molecule has 1 aromatic rings. The SMILES string of the molecule is COC(=O)C(COC=O)c1ccccc1F. The van der Waals surface area contributed by atoms with Crippen LogP contribution in [0.25, 0.3) is 0 Å². The van der Waals surface area contributed by atoms with Gasteiger partial charge in [0.05, 0.1) is 7.11 Å². The molecule has 0 aliphatic carbocycles. The van der Waals surface area contributed by atoms with Crippen molar-refractivity contribution in [3.8, 4) is 0 Å². The van der Waals surface area contributed by atoms with Crippen molar-refractivity contribution in [3.05, 3.63) is 35.6 Å². The summed E-state index contributed by atoms with van der Waals surface area (Å²) in [6.07, 6.45) is 0. The first-order valence-electron chi connectivity index (χ1n) is 4.58. The summed E-state index contributed by atoms with van der Waals surface area (Å²) in [5.74, 6) is -2.12. The first-order valence-corrected chi connectivity index (χ1v) is 4.58. The molecule has 1 aromatic carbocycles. The van der Waals surface area contributed by atoms with Gasteiger partial charge in [0.2, 0.25) is 0 Å². The van der Waals surface area contributed by atoms with E-state index in [0.717, 1.165) is 0 Å². The van der Waals surface area contributed by atoms with Gasteiger partial charge in [0.1, 0.15) is 18.3 Å². The van der Waals surface area contributed by atoms with Gasteiger partial charge in [-0.15, -0.1) is 0 Å². The Morgan fingerprint density at radius 1 is 1.50 bits per heavy atom. The second kappa shape index (κ2) is 5.85. The number of carbonyl (C=O) groups excluding carboxylic acids is 2. The highest BCUT2D eigenvalue weighted by Gasteiger charge is 2.24. The third kappa shape index (κ3) is 2.79. The van der Waals surface area contributed by atoms with Crippen molar-refractivity contribution >= 4 is 12.4 Å². The van der Waals surface area contributed by atoms with Gasteiger partial charge in [-0.25, -0.2) is 4.39 Å². The maximum absolute atomic E-state index is 13.4. The third-order valence-corrected chi connectivity index (χ3v) is 2.10. The molecule has 5 heteroatoms. The first kappa shape index (κ1) is 12.2. The molecular formula is C11H11FO4. The molecule has 0 spiro atoms. The van der Waals surface area contributed by atoms with Crippen molar-refractivity contribution in [2.45, 2.75) is 5.92 Å². The Labute approximate surface area is 92.0 Å². The smallest absolute Gasteiger partial charge is 0.316 e. The maximum Gasteiger partial charge on any atom is 0.316 e. The number of benzene rings is 1. The van der Waals surface area contributed by atoms with E-state index in [1.165, 1.54) is 25.3 Å². The number of rotatable bonds is 5. The molecule has 0 saturated carbocycles. The van der Waals surface area contributed by atoms with Crippen molar-refractivity contribution < 1.29 is 23.5 Å². The van der Waals surface area contributed by atoms with Crippen molar-refractivity contribution in [1.82, 2.24) is 0 Å². The van der Waals surface area contributed by atoms with Gasteiger partial charge in [0, 0.05) is 5.56 Å². The monoisotopic (exact) mass is 226 g/mol. The maximum atomic E-state index is 13.4. The van der Waals surface area contributed by atoms with Crippen LogP contribution in [-0.2, 0) is 19.1 Å². The summed E-state index contributed by atoms with van der Waals surface area (Å²) in [6, 6.07) is 5.78. The number of ether oxygens (including phenoxy) is 2. The van der Waals surface area contributed by atoms with E-state index >= 15 is 0 Å². The molecule has 0 aromatic heterocycles. The molecule has 0 radical (unpaired) electrons. The lowest BCUT2D eigenvalue weighted by Crippen LogP contribution is -2.20. The molecule has 0 saturated heterocycles. The number of hydrogen-bond donors (Lipinski definition) is 0. The normalized spacial score (nSPS) is 11.6. The number of halogens is 1. The molecule has 0 N–H and O–H groups in total. The van der Waals surface area contributed by atoms with Crippen LogP contribution in [-0.4, -0.2) is 26.2 Å². The van der Waals surface area contributed by atoms with Crippen LogP contribution in [0.1, 0.15) is 11.5 Å². The molecule has 0 heterocycles. The zero-order valence-electron chi connectivity index (χ0n) is 8.68. The van der Waals surface area contributed by atoms with Gasteiger partial charge in [-0.1, -0.05) is 18.2 Å².